The van der Waals surface area contributed by atoms with E-state index in [1.165, 1.54) is 4.90 Å². The first-order valence-electron chi connectivity index (χ1n) is 13.0. The molecule has 1 N–H and O–H groups in total. The number of ether oxygens (including phenoxy) is 3. The molecule has 2 aromatic rings. The van der Waals surface area contributed by atoms with Crippen molar-refractivity contribution in [1.82, 2.24) is 10.2 Å². The molecule has 1 atom stereocenters. The summed E-state index contributed by atoms with van der Waals surface area (Å²) in [6, 6.07) is 12.0. The van der Waals surface area contributed by atoms with Crippen molar-refractivity contribution in [3.8, 4) is 17.2 Å². The van der Waals surface area contributed by atoms with Crippen LogP contribution in [-0.4, -0.2) is 49.5 Å². The highest BCUT2D eigenvalue weighted by atomic mass is 35.5. The standard InChI is InChI=1S/C29H39ClN2O5/c1-5-15-37-25-14-11-22(17-26(25)36-4)28(29(34)31-23-12-9-20(2)10-13-23)32(27(33)18-30)19-21-7-6-8-24(16-21)35-3/h6-8,11,14,16-17,20,23,28H,5,9-10,12-13,15,18-19H2,1-4H3,(H,31,34). The van der Waals surface area contributed by atoms with Gasteiger partial charge in [-0.05, 0) is 73.4 Å². The summed E-state index contributed by atoms with van der Waals surface area (Å²) < 4.78 is 16.8. The summed E-state index contributed by atoms with van der Waals surface area (Å²) in [5.74, 6) is 1.62. The molecular formula is C29H39ClN2O5. The van der Waals surface area contributed by atoms with E-state index in [0.717, 1.165) is 37.7 Å². The van der Waals surface area contributed by atoms with Gasteiger partial charge < -0.3 is 24.4 Å². The number of carbonyl (C=O) groups excluding carboxylic acids is 2. The number of methoxy groups -OCH3 is 2. The van der Waals surface area contributed by atoms with Crippen LogP contribution in [0, 0.1) is 5.92 Å². The van der Waals surface area contributed by atoms with E-state index in [1.54, 1.807) is 26.4 Å². The summed E-state index contributed by atoms with van der Waals surface area (Å²) in [5, 5.41) is 3.22. The summed E-state index contributed by atoms with van der Waals surface area (Å²) in [7, 11) is 3.16. The number of benzene rings is 2. The normalized spacial score (nSPS) is 18.0. The molecule has 3 rings (SSSR count). The number of nitrogens with one attached hydrogen (secondary N) is 1. The van der Waals surface area contributed by atoms with Crippen molar-refractivity contribution < 1.29 is 23.8 Å². The first kappa shape index (κ1) is 28.6. The number of hydrogen-bond acceptors (Lipinski definition) is 5. The number of hydrogen-bond donors (Lipinski definition) is 1. The molecule has 2 aromatic carbocycles. The highest BCUT2D eigenvalue weighted by Gasteiger charge is 2.34. The summed E-state index contributed by atoms with van der Waals surface area (Å²) in [6.07, 6.45) is 4.84. The van der Waals surface area contributed by atoms with E-state index < -0.39 is 6.04 Å². The second kappa shape index (κ2) is 14.1. The molecule has 1 fully saturated rings. The maximum Gasteiger partial charge on any atom is 0.247 e. The molecular weight excluding hydrogens is 492 g/mol. The largest absolute Gasteiger partial charge is 0.497 e. The van der Waals surface area contributed by atoms with Crippen LogP contribution in [0.4, 0.5) is 0 Å². The van der Waals surface area contributed by atoms with Gasteiger partial charge in [-0.25, -0.2) is 0 Å². The van der Waals surface area contributed by atoms with E-state index in [2.05, 4.69) is 12.2 Å². The Morgan fingerprint density at radius 1 is 1.05 bits per heavy atom. The lowest BCUT2D eigenvalue weighted by atomic mass is 9.87. The molecule has 1 aliphatic rings. The Bertz CT molecular complexity index is 1040. The van der Waals surface area contributed by atoms with Crippen LogP contribution >= 0.6 is 11.6 Å². The third-order valence-corrected chi connectivity index (χ3v) is 7.04. The molecule has 0 aliphatic heterocycles. The average molecular weight is 531 g/mol. The zero-order valence-electron chi connectivity index (χ0n) is 22.3. The molecule has 0 heterocycles. The van der Waals surface area contributed by atoms with Gasteiger partial charge in [0, 0.05) is 12.6 Å². The maximum atomic E-state index is 13.9. The summed E-state index contributed by atoms with van der Waals surface area (Å²) in [5.41, 5.74) is 1.46. The van der Waals surface area contributed by atoms with E-state index in [-0.39, 0.29) is 30.3 Å². The van der Waals surface area contributed by atoms with E-state index in [4.69, 9.17) is 25.8 Å². The van der Waals surface area contributed by atoms with Gasteiger partial charge in [0.2, 0.25) is 11.8 Å². The Balaban J connectivity index is 2.00. The molecule has 1 unspecified atom stereocenters. The van der Waals surface area contributed by atoms with Crippen LogP contribution in [0.3, 0.4) is 0 Å². The summed E-state index contributed by atoms with van der Waals surface area (Å²) in [6.45, 7) is 5.01. The predicted molar refractivity (Wildman–Crippen MR) is 145 cm³/mol. The number of halogens is 1. The topological polar surface area (TPSA) is 77.1 Å². The molecule has 2 amide bonds. The van der Waals surface area contributed by atoms with Crippen molar-refractivity contribution in [3.05, 3.63) is 53.6 Å². The lowest BCUT2D eigenvalue weighted by molar-refractivity contribution is -0.140. The molecule has 7 nitrogen and oxygen atoms in total. The van der Waals surface area contributed by atoms with Crippen molar-refractivity contribution in [3.63, 3.8) is 0 Å². The molecule has 0 saturated heterocycles. The molecule has 0 aromatic heterocycles. The highest BCUT2D eigenvalue weighted by Crippen LogP contribution is 2.34. The van der Waals surface area contributed by atoms with Crippen molar-refractivity contribution in [2.45, 2.75) is 64.6 Å². The first-order chi connectivity index (χ1) is 17.9. The van der Waals surface area contributed by atoms with Gasteiger partial charge in [0.1, 0.15) is 17.7 Å². The quantitative estimate of drug-likeness (QED) is 0.367. The molecule has 8 heteroatoms. The minimum absolute atomic E-state index is 0.0741. The van der Waals surface area contributed by atoms with Crippen LogP contribution in [-0.2, 0) is 16.1 Å². The summed E-state index contributed by atoms with van der Waals surface area (Å²) >= 11 is 6.06. The monoisotopic (exact) mass is 530 g/mol. The van der Waals surface area contributed by atoms with Gasteiger partial charge in [0.25, 0.3) is 0 Å². The van der Waals surface area contributed by atoms with Crippen LogP contribution in [0.1, 0.15) is 63.1 Å². The average Bonchev–Trinajstić information content (AvgIpc) is 2.92. The number of rotatable bonds is 12. The van der Waals surface area contributed by atoms with Crippen LogP contribution in [0.25, 0.3) is 0 Å². The molecule has 0 bridgehead atoms. The van der Waals surface area contributed by atoms with E-state index in [1.807, 2.05) is 37.3 Å². The zero-order chi connectivity index (χ0) is 26.8. The second-order valence-electron chi connectivity index (χ2n) is 9.63. The van der Waals surface area contributed by atoms with Crippen molar-refractivity contribution in [2.24, 2.45) is 5.92 Å². The second-order valence-corrected chi connectivity index (χ2v) is 9.90. The van der Waals surface area contributed by atoms with Gasteiger partial charge in [-0.3, -0.25) is 9.59 Å². The number of amides is 2. The molecule has 202 valence electrons. The summed E-state index contributed by atoms with van der Waals surface area (Å²) in [4.78, 5) is 28.6. The minimum atomic E-state index is -0.897. The fraction of sp³-hybridized carbons (Fsp3) is 0.517. The molecule has 1 aliphatic carbocycles. The van der Waals surface area contributed by atoms with Gasteiger partial charge in [0.05, 0.1) is 20.8 Å². The smallest absolute Gasteiger partial charge is 0.247 e. The van der Waals surface area contributed by atoms with Gasteiger partial charge in [-0.1, -0.05) is 32.0 Å². The van der Waals surface area contributed by atoms with E-state index in [9.17, 15) is 9.59 Å². The van der Waals surface area contributed by atoms with Crippen molar-refractivity contribution >= 4 is 23.4 Å². The number of carbonyl (C=O) groups is 2. The lowest BCUT2D eigenvalue weighted by Gasteiger charge is -2.34. The van der Waals surface area contributed by atoms with E-state index >= 15 is 0 Å². The van der Waals surface area contributed by atoms with Gasteiger partial charge in [-0.2, -0.15) is 0 Å². The Hall–Kier alpha value is -2.93. The third-order valence-electron chi connectivity index (χ3n) is 6.81. The SMILES string of the molecule is CCCOc1ccc(C(C(=O)NC2CCC(C)CC2)N(Cc2cccc(OC)c2)C(=O)CCl)cc1OC. The van der Waals surface area contributed by atoms with E-state index in [0.29, 0.717) is 35.3 Å². The highest BCUT2D eigenvalue weighted by molar-refractivity contribution is 6.27. The van der Waals surface area contributed by atoms with Crippen LogP contribution in [0.2, 0.25) is 0 Å². The fourth-order valence-corrected chi connectivity index (χ4v) is 4.86. The van der Waals surface area contributed by atoms with Gasteiger partial charge in [0.15, 0.2) is 11.5 Å². The predicted octanol–water partition coefficient (Wildman–Crippen LogP) is 5.50. The van der Waals surface area contributed by atoms with Crippen LogP contribution in [0.5, 0.6) is 17.2 Å². The number of alkyl halides is 1. The van der Waals surface area contributed by atoms with Crippen molar-refractivity contribution in [2.75, 3.05) is 26.7 Å². The Labute approximate surface area is 225 Å². The molecule has 1 saturated carbocycles. The fourth-order valence-electron chi connectivity index (χ4n) is 4.71. The molecule has 0 spiro atoms. The number of nitrogens with zero attached hydrogens (tertiary/aromatic N) is 1. The van der Waals surface area contributed by atoms with Crippen LogP contribution in [0.15, 0.2) is 42.5 Å². The Kier molecular flexibility index (Phi) is 10.9. The third kappa shape index (κ3) is 7.78. The first-order valence-corrected chi connectivity index (χ1v) is 13.5. The minimum Gasteiger partial charge on any atom is -0.497 e. The molecule has 37 heavy (non-hydrogen) atoms. The zero-order valence-corrected chi connectivity index (χ0v) is 23.1. The van der Waals surface area contributed by atoms with Gasteiger partial charge >= 0.3 is 0 Å². The maximum absolute atomic E-state index is 13.9. The molecule has 0 radical (unpaired) electrons. The Morgan fingerprint density at radius 3 is 2.46 bits per heavy atom. The Morgan fingerprint density at radius 2 is 1.81 bits per heavy atom. The van der Waals surface area contributed by atoms with Crippen molar-refractivity contribution in [1.29, 1.82) is 0 Å². The lowest BCUT2D eigenvalue weighted by Crippen LogP contribution is -2.47. The van der Waals surface area contributed by atoms with Gasteiger partial charge in [-0.15, -0.1) is 11.6 Å². The van der Waals surface area contributed by atoms with Crippen LogP contribution < -0.4 is 19.5 Å².